The highest BCUT2D eigenvalue weighted by molar-refractivity contribution is 5.79. The molecule has 98 valence electrons. The summed E-state index contributed by atoms with van der Waals surface area (Å²) < 4.78 is 5.36. The Hall–Kier alpha value is -2.00. The molecule has 1 unspecified atom stereocenters. The molecular formula is C16H18N2O. The Labute approximate surface area is 112 Å². The quantitative estimate of drug-likeness (QED) is 0.732. The molecule has 3 rings (SSSR count). The predicted octanol–water partition coefficient (Wildman–Crippen LogP) is 3.48. The number of nitrogens with one attached hydrogen (secondary N) is 2. The molecule has 3 nitrogen and oxygen atoms in total. The molecule has 1 atom stereocenters. The number of hydrogen-bond donors (Lipinski definition) is 2. The summed E-state index contributed by atoms with van der Waals surface area (Å²) in [4.78, 5) is 3.24. The third-order valence-electron chi connectivity index (χ3n) is 3.36. The highest BCUT2D eigenvalue weighted by Gasteiger charge is 2.05. The molecule has 0 bridgehead atoms. The average Bonchev–Trinajstić information content (AvgIpc) is 3.06. The maximum Gasteiger partial charge on any atom is 0.105 e. The zero-order valence-electron chi connectivity index (χ0n) is 11.0. The molecular weight excluding hydrogens is 236 g/mol. The van der Waals surface area contributed by atoms with E-state index < -0.39 is 0 Å². The second kappa shape index (κ2) is 5.33. The Bertz CT molecular complexity index is 640. The van der Waals surface area contributed by atoms with Gasteiger partial charge in [-0.15, -0.1) is 0 Å². The van der Waals surface area contributed by atoms with Gasteiger partial charge in [0.05, 0.1) is 6.26 Å². The van der Waals surface area contributed by atoms with E-state index in [0.29, 0.717) is 6.04 Å². The van der Waals surface area contributed by atoms with E-state index in [4.69, 9.17) is 4.42 Å². The van der Waals surface area contributed by atoms with Gasteiger partial charge in [0.1, 0.15) is 5.76 Å². The summed E-state index contributed by atoms with van der Waals surface area (Å²) in [7, 11) is 0. The van der Waals surface area contributed by atoms with Gasteiger partial charge < -0.3 is 14.7 Å². The van der Waals surface area contributed by atoms with Crippen LogP contribution in [0.4, 0.5) is 0 Å². The minimum absolute atomic E-state index is 0.394. The van der Waals surface area contributed by atoms with Crippen LogP contribution in [0.5, 0.6) is 0 Å². The molecule has 0 aliphatic rings. The van der Waals surface area contributed by atoms with Gasteiger partial charge in [-0.3, -0.25) is 0 Å². The molecule has 3 aromatic rings. The van der Waals surface area contributed by atoms with Gasteiger partial charge in [-0.05, 0) is 42.1 Å². The van der Waals surface area contributed by atoms with Crippen molar-refractivity contribution in [3.05, 3.63) is 60.2 Å². The van der Waals surface area contributed by atoms with Crippen molar-refractivity contribution in [1.29, 1.82) is 0 Å². The largest absolute Gasteiger partial charge is 0.469 e. The van der Waals surface area contributed by atoms with Gasteiger partial charge >= 0.3 is 0 Å². The lowest BCUT2D eigenvalue weighted by Crippen LogP contribution is -2.27. The normalized spacial score (nSPS) is 12.9. The Morgan fingerprint density at radius 2 is 2.21 bits per heavy atom. The highest BCUT2D eigenvalue weighted by Crippen LogP contribution is 2.14. The molecule has 0 radical (unpaired) electrons. The van der Waals surface area contributed by atoms with E-state index >= 15 is 0 Å². The summed E-state index contributed by atoms with van der Waals surface area (Å²) >= 11 is 0. The molecule has 0 saturated carbocycles. The fourth-order valence-corrected chi connectivity index (χ4v) is 2.30. The van der Waals surface area contributed by atoms with Crippen molar-refractivity contribution in [2.24, 2.45) is 0 Å². The maximum atomic E-state index is 5.36. The molecule has 19 heavy (non-hydrogen) atoms. The van der Waals surface area contributed by atoms with Crippen LogP contribution in [0, 0.1) is 0 Å². The maximum absolute atomic E-state index is 5.36. The first-order chi connectivity index (χ1) is 9.31. The minimum Gasteiger partial charge on any atom is -0.469 e. The van der Waals surface area contributed by atoms with Gasteiger partial charge in [-0.25, -0.2) is 0 Å². The van der Waals surface area contributed by atoms with E-state index in [1.807, 2.05) is 18.3 Å². The van der Waals surface area contributed by atoms with E-state index in [0.717, 1.165) is 18.7 Å². The molecule has 0 saturated heterocycles. The summed E-state index contributed by atoms with van der Waals surface area (Å²) in [6, 6.07) is 13.0. The average molecular weight is 254 g/mol. The molecule has 3 heteroatoms. The van der Waals surface area contributed by atoms with Gasteiger partial charge in [-0.2, -0.15) is 0 Å². The van der Waals surface area contributed by atoms with Gasteiger partial charge in [-0.1, -0.05) is 12.1 Å². The number of benzene rings is 1. The van der Waals surface area contributed by atoms with Crippen molar-refractivity contribution in [2.75, 3.05) is 0 Å². The SMILES string of the molecule is CC(Cc1ccco1)NCc1ccc2cc[nH]c2c1. The van der Waals surface area contributed by atoms with Crippen LogP contribution >= 0.6 is 0 Å². The van der Waals surface area contributed by atoms with Crippen molar-refractivity contribution in [3.63, 3.8) is 0 Å². The van der Waals surface area contributed by atoms with Crippen LogP contribution < -0.4 is 5.32 Å². The first-order valence-electron chi connectivity index (χ1n) is 6.63. The fourth-order valence-electron chi connectivity index (χ4n) is 2.30. The minimum atomic E-state index is 0.394. The molecule has 0 fully saturated rings. The Morgan fingerprint density at radius 3 is 3.05 bits per heavy atom. The van der Waals surface area contributed by atoms with Crippen LogP contribution in [0.2, 0.25) is 0 Å². The van der Waals surface area contributed by atoms with E-state index in [1.165, 1.54) is 16.5 Å². The lowest BCUT2D eigenvalue weighted by atomic mass is 10.1. The third kappa shape index (κ3) is 2.88. The van der Waals surface area contributed by atoms with E-state index in [-0.39, 0.29) is 0 Å². The number of furan rings is 1. The van der Waals surface area contributed by atoms with Gasteiger partial charge in [0.2, 0.25) is 0 Å². The number of aromatic amines is 1. The number of aromatic nitrogens is 1. The predicted molar refractivity (Wildman–Crippen MR) is 77.0 cm³/mol. The summed E-state index contributed by atoms with van der Waals surface area (Å²) in [5, 5.41) is 4.78. The number of fused-ring (bicyclic) bond motifs is 1. The van der Waals surface area contributed by atoms with Crippen LogP contribution in [-0.2, 0) is 13.0 Å². The number of H-pyrrole nitrogens is 1. The summed E-state index contributed by atoms with van der Waals surface area (Å²) in [5.41, 5.74) is 2.49. The Morgan fingerprint density at radius 1 is 1.26 bits per heavy atom. The molecule has 1 aromatic carbocycles. The van der Waals surface area contributed by atoms with E-state index in [1.54, 1.807) is 6.26 Å². The Balaban J connectivity index is 1.59. The molecule has 0 amide bonds. The van der Waals surface area contributed by atoms with Crippen molar-refractivity contribution in [1.82, 2.24) is 10.3 Å². The van der Waals surface area contributed by atoms with Crippen LogP contribution in [0.1, 0.15) is 18.2 Å². The zero-order chi connectivity index (χ0) is 13.1. The smallest absolute Gasteiger partial charge is 0.105 e. The van der Waals surface area contributed by atoms with Crippen molar-refractivity contribution >= 4 is 10.9 Å². The molecule has 0 aliphatic heterocycles. The standard InChI is InChI=1S/C16H18N2O/c1-12(9-15-3-2-8-19-15)18-11-13-4-5-14-6-7-17-16(14)10-13/h2-8,10,12,17-18H,9,11H2,1H3. The van der Waals surface area contributed by atoms with Gasteiger partial charge in [0, 0.05) is 30.7 Å². The lowest BCUT2D eigenvalue weighted by Gasteiger charge is -2.12. The molecule has 2 heterocycles. The number of hydrogen-bond acceptors (Lipinski definition) is 2. The summed E-state index contributed by atoms with van der Waals surface area (Å²) in [6.07, 6.45) is 4.61. The van der Waals surface area contributed by atoms with Crippen LogP contribution in [0.25, 0.3) is 10.9 Å². The molecule has 2 aromatic heterocycles. The zero-order valence-corrected chi connectivity index (χ0v) is 11.0. The highest BCUT2D eigenvalue weighted by atomic mass is 16.3. The first-order valence-corrected chi connectivity index (χ1v) is 6.63. The monoisotopic (exact) mass is 254 g/mol. The topological polar surface area (TPSA) is 41.0 Å². The van der Waals surface area contributed by atoms with Crippen molar-refractivity contribution < 1.29 is 4.42 Å². The molecule has 2 N–H and O–H groups in total. The van der Waals surface area contributed by atoms with E-state index in [2.05, 4.69) is 41.5 Å². The van der Waals surface area contributed by atoms with Gasteiger partial charge in [0.25, 0.3) is 0 Å². The van der Waals surface area contributed by atoms with Crippen molar-refractivity contribution in [3.8, 4) is 0 Å². The summed E-state index contributed by atoms with van der Waals surface area (Å²) in [6.45, 7) is 3.05. The second-order valence-electron chi connectivity index (χ2n) is 4.96. The first kappa shape index (κ1) is 12.1. The van der Waals surface area contributed by atoms with E-state index in [9.17, 15) is 0 Å². The third-order valence-corrected chi connectivity index (χ3v) is 3.36. The second-order valence-corrected chi connectivity index (χ2v) is 4.96. The lowest BCUT2D eigenvalue weighted by molar-refractivity contribution is 0.456. The fraction of sp³-hybridized carbons (Fsp3) is 0.250. The molecule has 0 aliphatic carbocycles. The van der Waals surface area contributed by atoms with Gasteiger partial charge in [0.15, 0.2) is 0 Å². The molecule has 0 spiro atoms. The van der Waals surface area contributed by atoms with Crippen LogP contribution in [0.15, 0.2) is 53.3 Å². The number of rotatable bonds is 5. The van der Waals surface area contributed by atoms with Crippen LogP contribution in [0.3, 0.4) is 0 Å². The Kier molecular flexibility index (Phi) is 3.38. The van der Waals surface area contributed by atoms with Crippen molar-refractivity contribution in [2.45, 2.75) is 25.9 Å². The summed E-state index contributed by atoms with van der Waals surface area (Å²) in [5.74, 6) is 1.03. The van der Waals surface area contributed by atoms with Crippen LogP contribution in [-0.4, -0.2) is 11.0 Å².